The maximum absolute atomic E-state index is 11.4. The van der Waals surface area contributed by atoms with Crippen molar-refractivity contribution in [1.82, 2.24) is 9.80 Å². The molecule has 0 spiro atoms. The fourth-order valence-corrected chi connectivity index (χ4v) is 3.13. The molecule has 0 saturated carbocycles. The second-order valence-electron chi connectivity index (χ2n) is 5.96. The monoisotopic (exact) mass is 254 g/mol. The van der Waals surface area contributed by atoms with E-state index in [4.69, 9.17) is 4.74 Å². The third kappa shape index (κ3) is 3.95. The molecule has 0 aromatic carbocycles. The van der Waals surface area contributed by atoms with E-state index in [0.29, 0.717) is 11.8 Å². The van der Waals surface area contributed by atoms with Crippen LogP contribution in [-0.2, 0) is 9.53 Å². The van der Waals surface area contributed by atoms with Gasteiger partial charge >= 0.3 is 0 Å². The molecule has 1 amide bonds. The number of ether oxygens (including phenoxy) is 1. The van der Waals surface area contributed by atoms with Crippen LogP contribution in [0.4, 0.5) is 0 Å². The Kier molecular flexibility index (Phi) is 5.01. The lowest BCUT2D eigenvalue weighted by atomic mass is 9.96. The van der Waals surface area contributed by atoms with Gasteiger partial charge in [0.1, 0.15) is 0 Å². The van der Waals surface area contributed by atoms with Gasteiger partial charge in [0.05, 0.1) is 0 Å². The Morgan fingerprint density at radius 2 is 1.89 bits per heavy atom. The molecule has 1 atom stereocenters. The number of piperidine rings is 1. The fraction of sp³-hybridized carbons (Fsp3) is 0.929. The summed E-state index contributed by atoms with van der Waals surface area (Å²) in [5.41, 5.74) is 0. The second kappa shape index (κ2) is 6.53. The summed E-state index contributed by atoms with van der Waals surface area (Å²) in [4.78, 5) is 15.8. The Morgan fingerprint density at radius 1 is 1.22 bits per heavy atom. The summed E-state index contributed by atoms with van der Waals surface area (Å²) in [6.07, 6.45) is 4.19. The first-order chi connectivity index (χ1) is 8.65. The molecule has 0 N–H and O–H groups in total. The highest BCUT2D eigenvalue weighted by Crippen LogP contribution is 2.19. The molecule has 0 aliphatic carbocycles. The summed E-state index contributed by atoms with van der Waals surface area (Å²) in [7, 11) is 4.14. The largest absolute Gasteiger partial charge is 0.381 e. The molecule has 0 bridgehead atoms. The van der Waals surface area contributed by atoms with Gasteiger partial charge in [-0.25, -0.2) is 0 Å². The van der Waals surface area contributed by atoms with Crippen LogP contribution in [0, 0.1) is 11.8 Å². The van der Waals surface area contributed by atoms with E-state index in [2.05, 4.69) is 11.9 Å². The van der Waals surface area contributed by atoms with Crippen LogP contribution in [0.25, 0.3) is 0 Å². The zero-order chi connectivity index (χ0) is 13.0. The Labute approximate surface area is 110 Å². The topological polar surface area (TPSA) is 32.8 Å². The van der Waals surface area contributed by atoms with E-state index in [1.807, 2.05) is 11.9 Å². The highest BCUT2D eigenvalue weighted by Gasteiger charge is 2.24. The van der Waals surface area contributed by atoms with Crippen molar-refractivity contribution in [3.8, 4) is 0 Å². The van der Waals surface area contributed by atoms with Crippen molar-refractivity contribution in [2.45, 2.75) is 25.7 Å². The van der Waals surface area contributed by atoms with E-state index < -0.39 is 0 Å². The lowest BCUT2D eigenvalue weighted by Gasteiger charge is -2.34. The summed E-state index contributed by atoms with van der Waals surface area (Å²) < 4.78 is 5.39. The van der Waals surface area contributed by atoms with Crippen LogP contribution in [0.3, 0.4) is 0 Å². The van der Waals surface area contributed by atoms with Crippen molar-refractivity contribution in [3.05, 3.63) is 0 Å². The number of amides is 1. The van der Waals surface area contributed by atoms with Crippen LogP contribution >= 0.6 is 0 Å². The van der Waals surface area contributed by atoms with E-state index >= 15 is 0 Å². The fourth-order valence-electron chi connectivity index (χ4n) is 3.13. The van der Waals surface area contributed by atoms with Gasteiger partial charge < -0.3 is 14.5 Å². The van der Waals surface area contributed by atoms with Crippen molar-refractivity contribution >= 4 is 5.91 Å². The SMILES string of the molecule is CN(CC1CCOCC1)CC1CCC(=O)N(C)C1. The first kappa shape index (κ1) is 13.8. The minimum absolute atomic E-state index is 0.304. The Bertz CT molecular complexity index is 277. The summed E-state index contributed by atoms with van der Waals surface area (Å²) in [6.45, 7) is 5.09. The molecule has 2 rings (SSSR count). The molecule has 4 heteroatoms. The lowest BCUT2D eigenvalue weighted by molar-refractivity contribution is -0.133. The predicted octanol–water partition coefficient (Wildman–Crippen LogP) is 1.21. The molecule has 2 saturated heterocycles. The van der Waals surface area contributed by atoms with Crippen molar-refractivity contribution in [3.63, 3.8) is 0 Å². The normalized spacial score (nSPS) is 26.9. The molecule has 2 aliphatic rings. The number of nitrogens with zero attached hydrogens (tertiary/aromatic N) is 2. The van der Waals surface area contributed by atoms with Crippen molar-refractivity contribution in [2.24, 2.45) is 11.8 Å². The molecule has 4 nitrogen and oxygen atoms in total. The van der Waals surface area contributed by atoms with E-state index in [1.54, 1.807) is 0 Å². The maximum Gasteiger partial charge on any atom is 0.222 e. The van der Waals surface area contributed by atoms with Crippen LogP contribution in [-0.4, -0.2) is 62.7 Å². The van der Waals surface area contributed by atoms with Crippen molar-refractivity contribution in [1.29, 1.82) is 0 Å². The first-order valence-electron chi connectivity index (χ1n) is 7.15. The quantitative estimate of drug-likeness (QED) is 0.756. The molecule has 0 aromatic heterocycles. The molecule has 2 aliphatic heterocycles. The summed E-state index contributed by atoms with van der Waals surface area (Å²) in [5, 5.41) is 0. The third-order valence-electron chi connectivity index (χ3n) is 4.20. The van der Waals surface area contributed by atoms with Gasteiger partial charge in [0, 0.05) is 46.3 Å². The highest BCUT2D eigenvalue weighted by atomic mass is 16.5. The first-order valence-corrected chi connectivity index (χ1v) is 7.15. The van der Waals surface area contributed by atoms with Gasteiger partial charge in [0.2, 0.25) is 5.91 Å². The van der Waals surface area contributed by atoms with Crippen LogP contribution < -0.4 is 0 Å². The predicted molar refractivity (Wildman–Crippen MR) is 71.4 cm³/mol. The van der Waals surface area contributed by atoms with Gasteiger partial charge in [-0.1, -0.05) is 0 Å². The van der Waals surface area contributed by atoms with Gasteiger partial charge in [0.25, 0.3) is 0 Å². The molecule has 104 valence electrons. The average molecular weight is 254 g/mol. The third-order valence-corrected chi connectivity index (χ3v) is 4.20. The van der Waals surface area contributed by atoms with E-state index in [0.717, 1.165) is 45.1 Å². The van der Waals surface area contributed by atoms with Crippen molar-refractivity contribution in [2.75, 3.05) is 46.9 Å². The number of carbonyl (C=O) groups is 1. The maximum atomic E-state index is 11.4. The van der Waals surface area contributed by atoms with E-state index in [-0.39, 0.29) is 0 Å². The van der Waals surface area contributed by atoms with E-state index in [1.165, 1.54) is 19.4 Å². The van der Waals surface area contributed by atoms with Gasteiger partial charge in [0.15, 0.2) is 0 Å². The Morgan fingerprint density at radius 3 is 2.56 bits per heavy atom. The molecular formula is C14H26N2O2. The minimum Gasteiger partial charge on any atom is -0.381 e. The van der Waals surface area contributed by atoms with Crippen molar-refractivity contribution < 1.29 is 9.53 Å². The van der Waals surface area contributed by atoms with Gasteiger partial charge in [-0.2, -0.15) is 0 Å². The van der Waals surface area contributed by atoms with Gasteiger partial charge in [-0.05, 0) is 38.1 Å². The number of carbonyl (C=O) groups excluding carboxylic acids is 1. The zero-order valence-corrected chi connectivity index (χ0v) is 11.7. The average Bonchev–Trinajstić information content (AvgIpc) is 2.35. The molecule has 0 aromatic rings. The summed E-state index contributed by atoms with van der Waals surface area (Å²) in [6, 6.07) is 0. The molecule has 0 radical (unpaired) electrons. The summed E-state index contributed by atoms with van der Waals surface area (Å²) in [5.74, 6) is 1.75. The molecule has 2 heterocycles. The molecule has 18 heavy (non-hydrogen) atoms. The molecule has 2 fully saturated rings. The number of hydrogen-bond donors (Lipinski definition) is 0. The van der Waals surface area contributed by atoms with Gasteiger partial charge in [-0.3, -0.25) is 4.79 Å². The Hall–Kier alpha value is -0.610. The van der Waals surface area contributed by atoms with Crippen LogP contribution in [0.15, 0.2) is 0 Å². The molecule has 1 unspecified atom stereocenters. The molecular weight excluding hydrogens is 228 g/mol. The number of hydrogen-bond acceptors (Lipinski definition) is 3. The van der Waals surface area contributed by atoms with Crippen LogP contribution in [0.1, 0.15) is 25.7 Å². The van der Waals surface area contributed by atoms with E-state index in [9.17, 15) is 4.79 Å². The van der Waals surface area contributed by atoms with Crippen LogP contribution in [0.5, 0.6) is 0 Å². The number of likely N-dealkylation sites (tertiary alicyclic amines) is 1. The van der Waals surface area contributed by atoms with Gasteiger partial charge in [-0.15, -0.1) is 0 Å². The minimum atomic E-state index is 0.304. The highest BCUT2D eigenvalue weighted by molar-refractivity contribution is 5.76. The number of rotatable bonds is 4. The summed E-state index contributed by atoms with van der Waals surface area (Å²) >= 11 is 0. The standard InChI is InChI=1S/C14H26N2O2/c1-15(9-12-5-7-18-8-6-12)10-13-3-4-14(17)16(2)11-13/h12-13H,3-11H2,1-2H3. The van der Waals surface area contributed by atoms with Crippen LogP contribution in [0.2, 0.25) is 0 Å². The second-order valence-corrected chi connectivity index (χ2v) is 5.96. The lowest BCUT2D eigenvalue weighted by Crippen LogP contribution is -2.42. The smallest absolute Gasteiger partial charge is 0.222 e. The Balaban J connectivity index is 1.70. The zero-order valence-electron chi connectivity index (χ0n) is 11.7.